The third-order valence-corrected chi connectivity index (χ3v) is 5.65. The van der Waals surface area contributed by atoms with E-state index in [4.69, 9.17) is 16.3 Å². The van der Waals surface area contributed by atoms with E-state index in [1.807, 2.05) is 54.6 Å². The molecule has 0 unspecified atom stereocenters. The Labute approximate surface area is 192 Å². The number of rotatable bonds is 7. The molecule has 3 aromatic rings. The molecule has 1 heterocycles. The fraction of sp³-hybridized carbons (Fsp3) is 0.200. The van der Waals surface area contributed by atoms with Gasteiger partial charge < -0.3 is 20.3 Å². The first-order valence-electron chi connectivity index (χ1n) is 10.4. The van der Waals surface area contributed by atoms with Crippen LogP contribution in [0, 0.1) is 0 Å². The molecule has 1 aliphatic heterocycles. The van der Waals surface area contributed by atoms with E-state index < -0.39 is 6.04 Å². The molecule has 0 aliphatic carbocycles. The zero-order chi connectivity index (χ0) is 22.5. The Kier molecular flexibility index (Phi) is 6.61. The second-order valence-corrected chi connectivity index (χ2v) is 7.93. The minimum Gasteiger partial charge on any atom is -0.495 e. The van der Waals surface area contributed by atoms with Crippen LogP contribution in [0.4, 0.5) is 17.1 Å². The molecule has 2 amide bonds. The van der Waals surface area contributed by atoms with Gasteiger partial charge in [0.2, 0.25) is 5.91 Å². The molecule has 0 spiro atoms. The van der Waals surface area contributed by atoms with Crippen molar-refractivity contribution in [2.24, 2.45) is 0 Å². The third kappa shape index (κ3) is 4.86. The summed E-state index contributed by atoms with van der Waals surface area (Å²) in [6, 6.07) is 21.5. The van der Waals surface area contributed by atoms with E-state index in [1.54, 1.807) is 30.2 Å². The topological polar surface area (TPSA) is 70.7 Å². The standard InChI is InChI=1S/C25H24ClN3O3/c1-32-22-13-12-19(16-21(22)26)28-25(31)24(17-7-3-2-4-8-17)27-18-9-5-10-20(15-18)29-14-6-11-23(29)30/h2-5,7-10,12-13,15-16,24,27H,6,11,14H2,1H3,(H,28,31)/t24-/m0/s1. The highest BCUT2D eigenvalue weighted by molar-refractivity contribution is 6.32. The highest BCUT2D eigenvalue weighted by Crippen LogP contribution is 2.30. The summed E-state index contributed by atoms with van der Waals surface area (Å²) < 4.78 is 5.18. The van der Waals surface area contributed by atoms with Crippen LogP contribution in [0.3, 0.4) is 0 Å². The van der Waals surface area contributed by atoms with E-state index in [-0.39, 0.29) is 11.8 Å². The predicted octanol–water partition coefficient (Wildman–Crippen LogP) is 5.27. The number of methoxy groups -OCH3 is 1. The van der Waals surface area contributed by atoms with Gasteiger partial charge in [-0.15, -0.1) is 0 Å². The van der Waals surface area contributed by atoms with Crippen molar-refractivity contribution >= 4 is 40.5 Å². The lowest BCUT2D eigenvalue weighted by Crippen LogP contribution is -2.27. The Balaban J connectivity index is 1.58. The summed E-state index contributed by atoms with van der Waals surface area (Å²) in [6.07, 6.45) is 1.42. The van der Waals surface area contributed by atoms with Gasteiger partial charge in [0.25, 0.3) is 5.91 Å². The Hall–Kier alpha value is -3.51. The van der Waals surface area contributed by atoms with E-state index in [0.717, 1.165) is 23.4 Å². The Morgan fingerprint density at radius 2 is 1.84 bits per heavy atom. The molecule has 0 saturated carbocycles. The van der Waals surface area contributed by atoms with Crippen LogP contribution in [0.25, 0.3) is 0 Å². The number of ether oxygens (including phenoxy) is 1. The van der Waals surface area contributed by atoms with Gasteiger partial charge in [0.1, 0.15) is 11.8 Å². The van der Waals surface area contributed by atoms with Crippen LogP contribution in [0.1, 0.15) is 24.4 Å². The molecular formula is C25H24ClN3O3. The molecule has 7 heteroatoms. The Morgan fingerprint density at radius 1 is 1.03 bits per heavy atom. The van der Waals surface area contributed by atoms with Crippen molar-refractivity contribution in [2.75, 3.05) is 29.2 Å². The predicted molar refractivity (Wildman–Crippen MR) is 127 cm³/mol. The summed E-state index contributed by atoms with van der Waals surface area (Å²) in [6.45, 7) is 0.711. The lowest BCUT2D eigenvalue weighted by molar-refractivity contribution is -0.117. The van der Waals surface area contributed by atoms with Crippen LogP contribution >= 0.6 is 11.6 Å². The van der Waals surface area contributed by atoms with E-state index in [0.29, 0.717) is 29.4 Å². The summed E-state index contributed by atoms with van der Waals surface area (Å²) in [4.78, 5) is 27.2. The minimum absolute atomic E-state index is 0.121. The first kappa shape index (κ1) is 21.7. The maximum atomic E-state index is 13.3. The number of amides is 2. The lowest BCUT2D eigenvalue weighted by Gasteiger charge is -2.22. The second kappa shape index (κ2) is 9.75. The fourth-order valence-electron chi connectivity index (χ4n) is 3.76. The quantitative estimate of drug-likeness (QED) is 0.515. The zero-order valence-corrected chi connectivity index (χ0v) is 18.4. The Bertz CT molecular complexity index is 1120. The van der Waals surface area contributed by atoms with Crippen molar-refractivity contribution < 1.29 is 14.3 Å². The van der Waals surface area contributed by atoms with Gasteiger partial charge >= 0.3 is 0 Å². The number of halogens is 1. The smallest absolute Gasteiger partial charge is 0.251 e. The number of carbonyl (C=O) groups is 2. The molecule has 1 saturated heterocycles. The van der Waals surface area contributed by atoms with Crippen molar-refractivity contribution in [1.82, 2.24) is 0 Å². The summed E-state index contributed by atoms with van der Waals surface area (Å²) in [5.41, 5.74) is 2.96. The van der Waals surface area contributed by atoms with Gasteiger partial charge in [0.05, 0.1) is 12.1 Å². The maximum Gasteiger partial charge on any atom is 0.251 e. The van der Waals surface area contributed by atoms with E-state index in [2.05, 4.69) is 10.6 Å². The average Bonchev–Trinajstić information content (AvgIpc) is 3.24. The molecule has 1 aliphatic rings. The number of benzene rings is 3. The number of hydrogen-bond donors (Lipinski definition) is 2. The van der Waals surface area contributed by atoms with E-state index >= 15 is 0 Å². The van der Waals surface area contributed by atoms with Crippen LogP contribution in [0.2, 0.25) is 5.02 Å². The number of carbonyl (C=O) groups excluding carboxylic acids is 2. The van der Waals surface area contributed by atoms with Crippen LogP contribution in [-0.2, 0) is 9.59 Å². The van der Waals surface area contributed by atoms with Crippen LogP contribution in [0.15, 0.2) is 72.8 Å². The summed E-state index contributed by atoms with van der Waals surface area (Å²) in [5.74, 6) is 0.423. The van der Waals surface area contributed by atoms with Gasteiger partial charge in [-0.2, -0.15) is 0 Å². The van der Waals surface area contributed by atoms with E-state index in [1.165, 1.54) is 0 Å². The van der Waals surface area contributed by atoms with E-state index in [9.17, 15) is 9.59 Å². The molecule has 6 nitrogen and oxygen atoms in total. The molecule has 4 rings (SSSR count). The maximum absolute atomic E-state index is 13.3. The minimum atomic E-state index is -0.651. The second-order valence-electron chi connectivity index (χ2n) is 7.53. The molecule has 0 radical (unpaired) electrons. The number of anilines is 3. The summed E-state index contributed by atoms with van der Waals surface area (Å²) in [5, 5.41) is 6.66. The monoisotopic (exact) mass is 449 g/mol. The molecule has 0 bridgehead atoms. The van der Waals surface area contributed by atoms with Crippen molar-refractivity contribution in [1.29, 1.82) is 0 Å². The highest BCUT2D eigenvalue weighted by atomic mass is 35.5. The molecule has 2 N–H and O–H groups in total. The highest BCUT2D eigenvalue weighted by Gasteiger charge is 2.24. The van der Waals surface area contributed by atoms with Gasteiger partial charge in [-0.1, -0.05) is 48.0 Å². The van der Waals surface area contributed by atoms with Crippen LogP contribution in [-0.4, -0.2) is 25.5 Å². The van der Waals surface area contributed by atoms with Gasteiger partial charge in [-0.05, 0) is 48.4 Å². The van der Waals surface area contributed by atoms with Crippen LogP contribution in [0.5, 0.6) is 5.75 Å². The third-order valence-electron chi connectivity index (χ3n) is 5.36. The van der Waals surface area contributed by atoms with Crippen molar-refractivity contribution in [3.8, 4) is 5.75 Å². The largest absolute Gasteiger partial charge is 0.495 e. The zero-order valence-electron chi connectivity index (χ0n) is 17.7. The van der Waals surface area contributed by atoms with Crippen molar-refractivity contribution in [2.45, 2.75) is 18.9 Å². The van der Waals surface area contributed by atoms with Gasteiger partial charge in [0.15, 0.2) is 0 Å². The summed E-state index contributed by atoms with van der Waals surface area (Å²) in [7, 11) is 1.54. The van der Waals surface area contributed by atoms with Crippen LogP contribution < -0.4 is 20.3 Å². The fourth-order valence-corrected chi connectivity index (χ4v) is 4.01. The molecule has 164 valence electrons. The molecular weight excluding hydrogens is 426 g/mol. The van der Waals surface area contributed by atoms with Gasteiger partial charge in [-0.3, -0.25) is 9.59 Å². The number of nitrogens with one attached hydrogen (secondary N) is 2. The lowest BCUT2D eigenvalue weighted by atomic mass is 10.1. The number of hydrogen-bond acceptors (Lipinski definition) is 4. The number of nitrogens with zero attached hydrogens (tertiary/aromatic N) is 1. The van der Waals surface area contributed by atoms with Crippen molar-refractivity contribution in [3.63, 3.8) is 0 Å². The molecule has 0 aromatic heterocycles. The molecule has 32 heavy (non-hydrogen) atoms. The first-order valence-corrected chi connectivity index (χ1v) is 10.8. The van der Waals surface area contributed by atoms with Crippen molar-refractivity contribution in [3.05, 3.63) is 83.4 Å². The van der Waals surface area contributed by atoms with Gasteiger partial charge in [-0.25, -0.2) is 0 Å². The molecule has 3 aromatic carbocycles. The normalized spacial score (nSPS) is 14.2. The average molecular weight is 450 g/mol. The first-order chi connectivity index (χ1) is 15.5. The van der Waals surface area contributed by atoms with Gasteiger partial charge in [0, 0.05) is 30.0 Å². The Morgan fingerprint density at radius 3 is 2.53 bits per heavy atom. The molecule has 1 fully saturated rings. The summed E-state index contributed by atoms with van der Waals surface area (Å²) >= 11 is 6.21. The molecule has 1 atom stereocenters. The SMILES string of the molecule is COc1ccc(NC(=O)[C@@H](Nc2cccc(N3CCCC3=O)c2)c2ccccc2)cc1Cl.